The van der Waals surface area contributed by atoms with Crippen LogP contribution in [-0.4, -0.2) is 17.3 Å². The molecule has 1 aliphatic rings. The number of rotatable bonds is 2. The lowest BCUT2D eigenvalue weighted by Crippen LogP contribution is -2.27. The molecule has 0 bridgehead atoms. The average Bonchev–Trinajstić information content (AvgIpc) is 2.71. The van der Waals surface area contributed by atoms with Crippen molar-refractivity contribution in [3.05, 3.63) is 59.7 Å². The number of thioether (sulfide) groups is 1. The molecule has 1 heterocycles. The van der Waals surface area contributed by atoms with Gasteiger partial charge in [0.25, 0.3) is 5.91 Å². The summed E-state index contributed by atoms with van der Waals surface area (Å²) in [6, 6.07) is 14.8. The third kappa shape index (κ3) is 1.84. The van der Waals surface area contributed by atoms with Gasteiger partial charge in [0.05, 0.1) is 5.69 Å². The van der Waals surface area contributed by atoms with Gasteiger partial charge in [-0.25, -0.2) is 0 Å². The molecular weight excluding hydrogens is 258 g/mol. The van der Waals surface area contributed by atoms with E-state index >= 15 is 0 Å². The van der Waals surface area contributed by atoms with Gasteiger partial charge in [0.15, 0.2) is 6.23 Å². The van der Waals surface area contributed by atoms with E-state index in [4.69, 9.17) is 0 Å². The number of carbonyl (C=O) groups is 1. The minimum absolute atomic E-state index is 0.149. The Morgan fingerprint density at radius 1 is 1.11 bits per heavy atom. The molecule has 96 valence electrons. The Kier molecular flexibility index (Phi) is 3.05. The molecule has 2 aromatic carbocycles. The summed E-state index contributed by atoms with van der Waals surface area (Å²) >= 11 is 1.56. The molecule has 1 amide bonds. The van der Waals surface area contributed by atoms with Crippen LogP contribution in [0.15, 0.2) is 53.4 Å². The third-order valence-electron chi connectivity index (χ3n) is 3.28. The zero-order valence-corrected chi connectivity index (χ0v) is 11.2. The quantitative estimate of drug-likeness (QED) is 0.853. The van der Waals surface area contributed by atoms with Crippen molar-refractivity contribution in [2.24, 2.45) is 0 Å². The van der Waals surface area contributed by atoms with Crippen LogP contribution in [0.2, 0.25) is 0 Å². The highest BCUT2D eigenvalue weighted by Gasteiger charge is 2.36. The number of para-hydroxylation sites is 1. The van der Waals surface area contributed by atoms with E-state index in [1.54, 1.807) is 23.9 Å². The highest BCUT2D eigenvalue weighted by atomic mass is 32.2. The van der Waals surface area contributed by atoms with E-state index in [-0.39, 0.29) is 5.91 Å². The Morgan fingerprint density at radius 3 is 2.53 bits per heavy atom. The Morgan fingerprint density at radius 2 is 1.79 bits per heavy atom. The van der Waals surface area contributed by atoms with Crippen molar-refractivity contribution in [2.45, 2.75) is 11.1 Å². The van der Waals surface area contributed by atoms with Gasteiger partial charge < -0.3 is 5.11 Å². The van der Waals surface area contributed by atoms with Crippen molar-refractivity contribution in [3.8, 4) is 0 Å². The largest absolute Gasteiger partial charge is 0.369 e. The summed E-state index contributed by atoms with van der Waals surface area (Å²) in [4.78, 5) is 14.9. The smallest absolute Gasteiger partial charge is 0.261 e. The Bertz CT molecular complexity index is 642. The molecule has 0 radical (unpaired) electrons. The maximum absolute atomic E-state index is 12.4. The van der Waals surface area contributed by atoms with Gasteiger partial charge in [0.1, 0.15) is 0 Å². The Balaban J connectivity index is 2.11. The van der Waals surface area contributed by atoms with Crippen LogP contribution in [-0.2, 0) is 0 Å². The fourth-order valence-electron chi connectivity index (χ4n) is 2.37. The number of benzene rings is 2. The normalized spacial score (nSPS) is 17.7. The summed E-state index contributed by atoms with van der Waals surface area (Å²) in [5.74, 6) is -0.149. The van der Waals surface area contributed by atoms with E-state index in [2.05, 4.69) is 0 Å². The van der Waals surface area contributed by atoms with Crippen molar-refractivity contribution in [2.75, 3.05) is 11.2 Å². The molecule has 0 spiro atoms. The van der Waals surface area contributed by atoms with Gasteiger partial charge in [0, 0.05) is 16.0 Å². The van der Waals surface area contributed by atoms with E-state index in [0.29, 0.717) is 11.1 Å². The predicted octanol–water partition coefficient (Wildman–Crippen LogP) is 3.06. The number of amides is 1. The zero-order chi connectivity index (χ0) is 13.4. The van der Waals surface area contributed by atoms with Gasteiger partial charge >= 0.3 is 0 Å². The summed E-state index contributed by atoms with van der Waals surface area (Å²) in [6.07, 6.45) is 1.05. The van der Waals surface area contributed by atoms with Gasteiger partial charge in [-0.05, 0) is 24.5 Å². The van der Waals surface area contributed by atoms with Crippen LogP contribution in [0.25, 0.3) is 0 Å². The zero-order valence-electron chi connectivity index (χ0n) is 10.4. The molecule has 2 aromatic rings. The molecule has 0 saturated carbocycles. The summed E-state index contributed by atoms with van der Waals surface area (Å²) in [5.41, 5.74) is 2.00. The third-order valence-corrected chi connectivity index (χ3v) is 4.06. The van der Waals surface area contributed by atoms with Crippen molar-refractivity contribution >= 4 is 23.4 Å². The standard InChI is InChI=1S/C15H13NO2S/c1-19-13-9-5-4-8-12(13)16-14(17)10-6-2-3-7-11(10)15(16)18/h2-9,14,17H,1H3. The van der Waals surface area contributed by atoms with Gasteiger partial charge in [-0.1, -0.05) is 30.3 Å². The van der Waals surface area contributed by atoms with E-state index in [0.717, 1.165) is 10.6 Å². The summed E-state index contributed by atoms with van der Waals surface area (Å²) in [6.45, 7) is 0. The Labute approximate surface area is 115 Å². The van der Waals surface area contributed by atoms with Gasteiger partial charge in [-0.3, -0.25) is 9.69 Å². The van der Waals surface area contributed by atoms with E-state index in [1.165, 1.54) is 4.90 Å². The molecule has 0 aromatic heterocycles. The second-order valence-electron chi connectivity index (χ2n) is 4.31. The molecule has 0 saturated heterocycles. The Hall–Kier alpha value is -1.78. The van der Waals surface area contributed by atoms with Gasteiger partial charge in [-0.15, -0.1) is 11.8 Å². The molecule has 1 aliphatic heterocycles. The monoisotopic (exact) mass is 271 g/mol. The number of carbonyl (C=O) groups excluding carboxylic acids is 1. The fraction of sp³-hybridized carbons (Fsp3) is 0.133. The van der Waals surface area contributed by atoms with Crippen LogP contribution in [0.4, 0.5) is 5.69 Å². The highest BCUT2D eigenvalue weighted by molar-refractivity contribution is 7.98. The lowest BCUT2D eigenvalue weighted by molar-refractivity contribution is 0.0934. The minimum atomic E-state index is -0.906. The molecule has 1 N–H and O–H groups in total. The number of hydrogen-bond donors (Lipinski definition) is 1. The number of anilines is 1. The van der Waals surface area contributed by atoms with Crippen LogP contribution in [0.3, 0.4) is 0 Å². The first-order valence-corrected chi connectivity index (χ1v) is 7.20. The molecule has 3 rings (SSSR count). The maximum Gasteiger partial charge on any atom is 0.261 e. The van der Waals surface area contributed by atoms with Crippen LogP contribution in [0, 0.1) is 0 Å². The molecule has 0 aliphatic carbocycles. The second-order valence-corrected chi connectivity index (χ2v) is 5.16. The minimum Gasteiger partial charge on any atom is -0.369 e. The summed E-state index contributed by atoms with van der Waals surface area (Å²) in [5, 5.41) is 10.4. The molecule has 0 fully saturated rings. The number of hydrogen-bond acceptors (Lipinski definition) is 3. The molecule has 19 heavy (non-hydrogen) atoms. The number of aliphatic hydroxyl groups excluding tert-OH is 1. The molecule has 3 nitrogen and oxygen atoms in total. The van der Waals surface area contributed by atoms with Crippen molar-refractivity contribution in [1.29, 1.82) is 0 Å². The predicted molar refractivity (Wildman–Crippen MR) is 76.4 cm³/mol. The number of aliphatic hydroxyl groups is 1. The van der Waals surface area contributed by atoms with Crippen molar-refractivity contribution in [1.82, 2.24) is 0 Å². The van der Waals surface area contributed by atoms with Crippen LogP contribution in [0.5, 0.6) is 0 Å². The average molecular weight is 271 g/mol. The number of fused-ring (bicyclic) bond motifs is 1. The number of nitrogens with zero attached hydrogens (tertiary/aromatic N) is 1. The van der Waals surface area contributed by atoms with Gasteiger partial charge in [0.2, 0.25) is 0 Å². The van der Waals surface area contributed by atoms with Crippen molar-refractivity contribution < 1.29 is 9.90 Å². The maximum atomic E-state index is 12.4. The lowest BCUT2D eigenvalue weighted by atomic mass is 10.1. The second kappa shape index (κ2) is 4.72. The van der Waals surface area contributed by atoms with E-state index in [9.17, 15) is 9.90 Å². The van der Waals surface area contributed by atoms with E-state index < -0.39 is 6.23 Å². The first-order chi connectivity index (χ1) is 9.24. The highest BCUT2D eigenvalue weighted by Crippen LogP contribution is 2.39. The first-order valence-electron chi connectivity index (χ1n) is 5.97. The van der Waals surface area contributed by atoms with E-state index in [1.807, 2.05) is 42.7 Å². The van der Waals surface area contributed by atoms with Crippen LogP contribution >= 0.6 is 11.8 Å². The topological polar surface area (TPSA) is 40.5 Å². The SMILES string of the molecule is CSc1ccccc1N1C(=O)c2ccccc2C1O. The van der Waals surface area contributed by atoms with Crippen molar-refractivity contribution in [3.63, 3.8) is 0 Å². The molecule has 1 atom stereocenters. The summed E-state index contributed by atoms with van der Waals surface area (Å²) in [7, 11) is 0. The lowest BCUT2D eigenvalue weighted by Gasteiger charge is -2.23. The summed E-state index contributed by atoms with van der Waals surface area (Å²) < 4.78 is 0. The first kappa shape index (κ1) is 12.3. The molecule has 4 heteroatoms. The fourth-order valence-corrected chi connectivity index (χ4v) is 2.96. The molecule has 1 unspecified atom stereocenters. The van der Waals surface area contributed by atoms with Gasteiger partial charge in [-0.2, -0.15) is 0 Å². The molecular formula is C15H13NO2S. The van der Waals surface area contributed by atoms with Crippen LogP contribution < -0.4 is 4.90 Å². The van der Waals surface area contributed by atoms with Crippen LogP contribution in [0.1, 0.15) is 22.1 Å².